The van der Waals surface area contributed by atoms with Gasteiger partial charge in [-0.1, -0.05) is 6.07 Å². The van der Waals surface area contributed by atoms with Crippen LogP contribution in [0.4, 0.5) is 0 Å². The minimum absolute atomic E-state index is 0.575. The van der Waals surface area contributed by atoms with Gasteiger partial charge >= 0.3 is 0 Å². The molecule has 0 aliphatic heterocycles. The maximum absolute atomic E-state index is 10.2. The summed E-state index contributed by atoms with van der Waals surface area (Å²) < 4.78 is 21.3. The van der Waals surface area contributed by atoms with E-state index in [-0.39, 0.29) is 0 Å². The van der Waals surface area contributed by atoms with E-state index in [1.165, 1.54) is 14.2 Å². The third kappa shape index (κ3) is 4.38. The van der Waals surface area contributed by atoms with Crippen LogP contribution in [0, 0.1) is 0 Å². The van der Waals surface area contributed by atoms with Gasteiger partial charge < -0.3 is 24.1 Å². The fraction of sp³-hybridized carbons (Fsp3) is 0.571. The molecule has 1 atom stereocenters. The summed E-state index contributed by atoms with van der Waals surface area (Å²) in [6, 6.07) is 7.14. The standard InChI is InChI=1S/C14H22O5/c1-14(2,15)12(13(17-4)18-5)19-11-8-6-7-10(9-11)16-3/h6-9,12-13,15H,1-5H3. The molecule has 1 N–H and O–H groups in total. The van der Waals surface area contributed by atoms with Gasteiger partial charge in [0.15, 0.2) is 12.4 Å². The van der Waals surface area contributed by atoms with Gasteiger partial charge in [0.1, 0.15) is 17.1 Å². The van der Waals surface area contributed by atoms with Crippen LogP contribution < -0.4 is 9.47 Å². The van der Waals surface area contributed by atoms with E-state index in [1.54, 1.807) is 33.1 Å². The second kappa shape index (κ2) is 6.75. The lowest BCUT2D eigenvalue weighted by molar-refractivity contribution is -0.201. The zero-order valence-electron chi connectivity index (χ0n) is 12.0. The Hall–Kier alpha value is -1.30. The molecule has 19 heavy (non-hydrogen) atoms. The molecule has 0 bridgehead atoms. The zero-order chi connectivity index (χ0) is 14.5. The van der Waals surface area contributed by atoms with Crippen LogP contribution in [0.15, 0.2) is 24.3 Å². The highest BCUT2D eigenvalue weighted by atomic mass is 16.7. The molecular weight excluding hydrogens is 248 g/mol. The Labute approximate surface area is 114 Å². The quantitative estimate of drug-likeness (QED) is 0.766. The summed E-state index contributed by atoms with van der Waals surface area (Å²) in [6.45, 7) is 3.28. The van der Waals surface area contributed by atoms with Gasteiger partial charge in [-0.05, 0) is 26.0 Å². The molecule has 1 aromatic carbocycles. The highest BCUT2D eigenvalue weighted by Gasteiger charge is 2.37. The number of hydrogen-bond donors (Lipinski definition) is 1. The minimum atomic E-state index is -1.13. The Morgan fingerprint density at radius 2 is 1.63 bits per heavy atom. The molecule has 0 radical (unpaired) electrons. The van der Waals surface area contributed by atoms with Crippen molar-refractivity contribution in [1.82, 2.24) is 0 Å². The van der Waals surface area contributed by atoms with Gasteiger partial charge in [0, 0.05) is 20.3 Å². The maximum Gasteiger partial charge on any atom is 0.197 e. The van der Waals surface area contributed by atoms with Crippen molar-refractivity contribution < 1.29 is 24.1 Å². The van der Waals surface area contributed by atoms with Crippen molar-refractivity contribution in [3.05, 3.63) is 24.3 Å². The van der Waals surface area contributed by atoms with Crippen molar-refractivity contribution in [3.8, 4) is 11.5 Å². The van der Waals surface area contributed by atoms with Crippen LogP contribution in [-0.2, 0) is 9.47 Å². The molecule has 0 spiro atoms. The molecule has 1 aromatic rings. The maximum atomic E-state index is 10.2. The summed E-state index contributed by atoms with van der Waals surface area (Å²) >= 11 is 0. The summed E-state index contributed by atoms with van der Waals surface area (Å²) in [7, 11) is 4.59. The van der Waals surface area contributed by atoms with Crippen LogP contribution in [0.5, 0.6) is 11.5 Å². The van der Waals surface area contributed by atoms with E-state index in [1.807, 2.05) is 12.1 Å². The van der Waals surface area contributed by atoms with E-state index >= 15 is 0 Å². The molecule has 1 unspecified atom stereocenters. The summed E-state index contributed by atoms with van der Waals surface area (Å²) in [5, 5.41) is 10.2. The second-order valence-corrected chi connectivity index (χ2v) is 4.71. The van der Waals surface area contributed by atoms with Gasteiger partial charge in [0.2, 0.25) is 0 Å². The van der Waals surface area contributed by atoms with Crippen LogP contribution in [0.25, 0.3) is 0 Å². The number of hydrogen-bond acceptors (Lipinski definition) is 5. The molecule has 0 amide bonds. The predicted octanol–water partition coefficient (Wildman–Crippen LogP) is 1.83. The van der Waals surface area contributed by atoms with Gasteiger partial charge in [-0.25, -0.2) is 0 Å². The monoisotopic (exact) mass is 270 g/mol. The summed E-state index contributed by atoms with van der Waals surface area (Å²) in [4.78, 5) is 0. The normalized spacial score (nSPS) is 13.4. The number of rotatable bonds is 7. The van der Waals surface area contributed by atoms with Crippen LogP contribution in [-0.4, -0.2) is 44.4 Å². The van der Waals surface area contributed by atoms with Crippen molar-refractivity contribution in [2.45, 2.75) is 31.8 Å². The van der Waals surface area contributed by atoms with E-state index in [0.717, 1.165) is 0 Å². The molecule has 0 aliphatic rings. The van der Waals surface area contributed by atoms with Crippen molar-refractivity contribution in [2.24, 2.45) is 0 Å². The number of aliphatic hydroxyl groups is 1. The van der Waals surface area contributed by atoms with Crippen LogP contribution in [0.2, 0.25) is 0 Å². The predicted molar refractivity (Wildman–Crippen MR) is 71.5 cm³/mol. The Morgan fingerprint density at radius 1 is 1.05 bits per heavy atom. The minimum Gasteiger partial charge on any atom is -0.497 e. The Bertz CT molecular complexity index is 382. The zero-order valence-corrected chi connectivity index (χ0v) is 12.0. The van der Waals surface area contributed by atoms with E-state index in [0.29, 0.717) is 11.5 Å². The first-order valence-electron chi connectivity index (χ1n) is 6.01. The third-order valence-electron chi connectivity index (χ3n) is 2.71. The Kier molecular flexibility index (Phi) is 5.60. The van der Waals surface area contributed by atoms with Crippen molar-refractivity contribution in [2.75, 3.05) is 21.3 Å². The summed E-state index contributed by atoms with van der Waals surface area (Å²) in [5.74, 6) is 1.25. The van der Waals surface area contributed by atoms with Crippen molar-refractivity contribution >= 4 is 0 Å². The van der Waals surface area contributed by atoms with Gasteiger partial charge in [0.25, 0.3) is 0 Å². The molecule has 0 aromatic heterocycles. The van der Waals surface area contributed by atoms with Crippen molar-refractivity contribution in [1.29, 1.82) is 0 Å². The average Bonchev–Trinajstić information content (AvgIpc) is 2.38. The molecule has 5 nitrogen and oxygen atoms in total. The lowest BCUT2D eigenvalue weighted by Crippen LogP contribution is -2.50. The molecule has 0 aliphatic carbocycles. The lowest BCUT2D eigenvalue weighted by Gasteiger charge is -2.34. The number of ether oxygens (including phenoxy) is 4. The Morgan fingerprint density at radius 3 is 2.11 bits per heavy atom. The highest BCUT2D eigenvalue weighted by molar-refractivity contribution is 5.33. The fourth-order valence-corrected chi connectivity index (χ4v) is 1.70. The van der Waals surface area contributed by atoms with Gasteiger partial charge in [-0.2, -0.15) is 0 Å². The smallest absolute Gasteiger partial charge is 0.197 e. The molecule has 0 saturated carbocycles. The second-order valence-electron chi connectivity index (χ2n) is 4.71. The Balaban J connectivity index is 2.93. The molecule has 0 fully saturated rings. The molecule has 0 heterocycles. The molecule has 0 saturated heterocycles. The first-order chi connectivity index (χ1) is 8.92. The number of benzene rings is 1. The van der Waals surface area contributed by atoms with E-state index in [9.17, 15) is 5.11 Å². The average molecular weight is 270 g/mol. The van der Waals surface area contributed by atoms with E-state index in [2.05, 4.69) is 0 Å². The summed E-state index contributed by atoms with van der Waals surface area (Å²) in [6.07, 6.45) is -1.35. The number of methoxy groups -OCH3 is 3. The van der Waals surface area contributed by atoms with E-state index in [4.69, 9.17) is 18.9 Å². The fourth-order valence-electron chi connectivity index (χ4n) is 1.70. The van der Waals surface area contributed by atoms with Gasteiger partial charge in [0.05, 0.1) is 7.11 Å². The van der Waals surface area contributed by atoms with Crippen LogP contribution in [0.3, 0.4) is 0 Å². The largest absolute Gasteiger partial charge is 0.497 e. The van der Waals surface area contributed by atoms with Crippen LogP contribution >= 0.6 is 0 Å². The first kappa shape index (κ1) is 15.8. The molecular formula is C14H22O5. The molecule has 1 rings (SSSR count). The van der Waals surface area contributed by atoms with Crippen LogP contribution in [0.1, 0.15) is 13.8 Å². The SMILES string of the molecule is COc1cccc(OC(C(OC)OC)C(C)(C)O)c1. The molecule has 108 valence electrons. The molecule has 5 heteroatoms. The van der Waals surface area contributed by atoms with E-state index < -0.39 is 18.0 Å². The lowest BCUT2D eigenvalue weighted by atomic mass is 10.0. The third-order valence-corrected chi connectivity index (χ3v) is 2.71. The topological polar surface area (TPSA) is 57.2 Å². The summed E-state index contributed by atoms with van der Waals surface area (Å²) in [5.41, 5.74) is -1.13. The van der Waals surface area contributed by atoms with Gasteiger partial charge in [-0.15, -0.1) is 0 Å². The van der Waals surface area contributed by atoms with Gasteiger partial charge in [-0.3, -0.25) is 0 Å². The first-order valence-corrected chi connectivity index (χ1v) is 6.01. The highest BCUT2D eigenvalue weighted by Crippen LogP contribution is 2.25. The van der Waals surface area contributed by atoms with Crippen molar-refractivity contribution in [3.63, 3.8) is 0 Å².